The predicted octanol–water partition coefficient (Wildman–Crippen LogP) is 4.31. The van der Waals surface area contributed by atoms with E-state index in [9.17, 15) is 0 Å². The molecule has 0 radical (unpaired) electrons. The Balaban J connectivity index is -0.000000169. The van der Waals surface area contributed by atoms with Crippen LogP contribution in [0.2, 0.25) is 0 Å². The molecule has 0 aromatic carbocycles. The summed E-state index contributed by atoms with van der Waals surface area (Å²) in [6, 6.07) is 0. The summed E-state index contributed by atoms with van der Waals surface area (Å²) in [5.41, 5.74) is 0.953. The van der Waals surface area contributed by atoms with E-state index in [4.69, 9.17) is 0 Å². The average molecular weight is 316 g/mol. The van der Waals surface area contributed by atoms with Gasteiger partial charge in [-0.15, -0.1) is 40.5 Å². The molecule has 2 aliphatic rings. The molecule has 2 aliphatic carbocycles. The number of hydrogen-bond acceptors (Lipinski definition) is 0. The fraction of sp³-hybridized carbons (Fsp3) is 0.583. The van der Waals surface area contributed by atoms with Crippen molar-refractivity contribution in [2.45, 2.75) is 44.2 Å². The van der Waals surface area contributed by atoms with Gasteiger partial charge in [0.1, 0.15) is 0 Å². The third-order valence-corrected chi connectivity index (χ3v) is 2.90. The van der Waals surface area contributed by atoms with Crippen LogP contribution in [0.1, 0.15) is 38.5 Å². The summed E-state index contributed by atoms with van der Waals surface area (Å²) in [6.45, 7) is 0. The van der Waals surface area contributed by atoms with Gasteiger partial charge < -0.3 is 0 Å². The average Bonchev–Trinajstić information content (AvgIpc) is 2.80. The first-order chi connectivity index (χ1) is 6.89. The molecule has 4 heteroatoms. The second-order valence-corrected chi connectivity index (χ2v) is 4.34. The molecule has 1 atom stereocenters. The van der Waals surface area contributed by atoms with Crippen molar-refractivity contribution in [2.75, 3.05) is 0 Å². The molecule has 0 aromatic heterocycles. The van der Waals surface area contributed by atoms with Crippen LogP contribution in [0.3, 0.4) is 0 Å². The molecule has 0 aromatic rings. The van der Waals surface area contributed by atoms with Crippen molar-refractivity contribution in [3.8, 4) is 0 Å². The van der Waals surface area contributed by atoms with Gasteiger partial charge in [-0.1, -0.05) is 19.3 Å². The Hall–Kier alpha value is 1.07. The Bertz CT molecular complexity index is 168. The van der Waals surface area contributed by atoms with Crippen LogP contribution in [-0.2, 0) is 20.0 Å². The van der Waals surface area contributed by atoms with Crippen molar-refractivity contribution in [3.05, 3.63) is 24.3 Å². The van der Waals surface area contributed by atoms with Gasteiger partial charge in [0.2, 0.25) is 0 Å². The van der Waals surface area contributed by atoms with E-state index in [1.165, 1.54) is 32.1 Å². The molecule has 0 bridgehead atoms. The van der Waals surface area contributed by atoms with Gasteiger partial charge >= 0.3 is 24.8 Å². The second-order valence-electron chi connectivity index (χ2n) is 3.40. The molecule has 0 aliphatic heterocycles. The molecule has 0 saturated heterocycles. The topological polar surface area (TPSA) is 0 Å². The Morgan fingerprint density at radius 2 is 1.69 bits per heavy atom. The number of rotatable bonds is 0. The molecule has 0 heterocycles. The first kappa shape index (κ1) is 22.3. The van der Waals surface area contributed by atoms with Crippen LogP contribution in [0.4, 0.5) is 0 Å². The third-order valence-electron chi connectivity index (χ3n) is 2.24. The Morgan fingerprint density at radius 3 is 1.88 bits per heavy atom. The fourth-order valence-corrected chi connectivity index (χ4v) is 1.95. The summed E-state index contributed by atoms with van der Waals surface area (Å²) in [5, 5.41) is 0. The van der Waals surface area contributed by atoms with E-state index in [1.807, 2.05) is 12.2 Å². The molecule has 0 amide bonds. The molecular weight excluding hydrogens is 294 g/mol. The van der Waals surface area contributed by atoms with Crippen LogP contribution in [0.25, 0.3) is 0 Å². The van der Waals surface area contributed by atoms with E-state index in [0.717, 1.165) is 12.1 Å². The van der Waals surface area contributed by atoms with Gasteiger partial charge in [0.05, 0.1) is 0 Å². The van der Waals surface area contributed by atoms with Crippen LogP contribution in [0.5, 0.6) is 0 Å². The van der Waals surface area contributed by atoms with Crippen LogP contribution in [-0.4, -0.2) is 10.5 Å². The van der Waals surface area contributed by atoms with Crippen molar-refractivity contribution >= 4 is 38.9 Å². The summed E-state index contributed by atoms with van der Waals surface area (Å²) in [5.74, 6) is 0. The Kier molecular flexibility index (Phi) is 25.7. The standard InChI is InChI=1S/C6H13P.C5H5.CH2.2ClH.Ti/c7-6-4-2-1-3-5-6;1-2-4-5-3-1;;;;/h6H,1-5,7H2;1-3H,4H2;1H2;2*1H;/q;-1;;;;+1. The predicted molar refractivity (Wildman–Crippen MR) is 79.8 cm³/mol. The van der Waals surface area contributed by atoms with E-state index in [2.05, 4.69) is 26.2 Å². The summed E-state index contributed by atoms with van der Waals surface area (Å²) < 4.78 is 0. The molecule has 16 heavy (non-hydrogen) atoms. The quantitative estimate of drug-likeness (QED) is 0.355. The van der Waals surface area contributed by atoms with Crippen molar-refractivity contribution in [1.29, 1.82) is 0 Å². The zero-order valence-electron chi connectivity index (χ0n) is 9.65. The maximum atomic E-state index is 3.25. The van der Waals surface area contributed by atoms with Crippen LogP contribution in [0, 0.1) is 6.08 Å². The van der Waals surface area contributed by atoms with Crippen molar-refractivity contribution in [3.63, 3.8) is 0 Å². The monoisotopic (exact) mass is 315 g/mol. The van der Waals surface area contributed by atoms with Gasteiger partial charge in [-0.05, 0) is 18.5 Å². The molecule has 2 rings (SSSR count). The first-order valence-corrected chi connectivity index (χ1v) is 6.99. The molecule has 0 N–H and O–H groups in total. The number of hydrogen-bond donors (Lipinski definition) is 0. The molecule has 93 valence electrons. The molecule has 1 saturated carbocycles. The Morgan fingerprint density at radius 1 is 1.12 bits per heavy atom. The number of halogens is 2. The normalized spacial score (nSPS) is 16.9. The number of allylic oxidation sites excluding steroid dienone is 4. The SMILES string of the molecule is Cl.Cl.PC1CCCCC1.[C-]1=CC=CC1.[CH2]=[Ti+]. The summed E-state index contributed by atoms with van der Waals surface area (Å²) >= 11 is 1.75. The van der Waals surface area contributed by atoms with E-state index >= 15 is 0 Å². The van der Waals surface area contributed by atoms with Gasteiger partial charge in [0.15, 0.2) is 0 Å². The van der Waals surface area contributed by atoms with E-state index in [0.29, 0.717) is 0 Å². The van der Waals surface area contributed by atoms with Gasteiger partial charge in [-0.2, -0.15) is 6.08 Å². The van der Waals surface area contributed by atoms with Crippen molar-refractivity contribution < 1.29 is 20.0 Å². The second kappa shape index (κ2) is 18.4. The van der Waals surface area contributed by atoms with E-state index in [1.54, 1.807) is 20.0 Å². The maximum absolute atomic E-state index is 3.25. The van der Waals surface area contributed by atoms with Crippen LogP contribution in [0.15, 0.2) is 18.2 Å². The van der Waals surface area contributed by atoms with E-state index < -0.39 is 0 Å². The minimum absolute atomic E-state index is 0. The summed E-state index contributed by atoms with van der Waals surface area (Å²) in [4.78, 5) is 3.25. The summed E-state index contributed by atoms with van der Waals surface area (Å²) in [7, 11) is 2.91. The van der Waals surface area contributed by atoms with Gasteiger partial charge in [-0.3, -0.25) is 6.08 Å². The van der Waals surface area contributed by atoms with Crippen LogP contribution < -0.4 is 0 Å². The van der Waals surface area contributed by atoms with Gasteiger partial charge in [0, 0.05) is 0 Å². The molecule has 0 nitrogen and oxygen atoms in total. The molecule has 1 unspecified atom stereocenters. The molecular formula is C12H22Cl2PTi. The van der Waals surface area contributed by atoms with Gasteiger partial charge in [0.25, 0.3) is 0 Å². The van der Waals surface area contributed by atoms with Crippen molar-refractivity contribution in [2.24, 2.45) is 0 Å². The first-order valence-electron chi connectivity index (χ1n) is 5.22. The third kappa shape index (κ3) is 15.1. The Labute approximate surface area is 127 Å². The molecule has 1 fully saturated rings. The fourth-order valence-electron chi connectivity index (χ4n) is 1.47. The zero-order chi connectivity index (χ0) is 10.6. The van der Waals surface area contributed by atoms with E-state index in [-0.39, 0.29) is 24.8 Å². The van der Waals surface area contributed by atoms with Gasteiger partial charge in [-0.25, -0.2) is 12.2 Å². The molecule has 0 spiro atoms. The zero-order valence-corrected chi connectivity index (χ0v) is 14.0. The van der Waals surface area contributed by atoms with Crippen molar-refractivity contribution in [1.82, 2.24) is 0 Å². The minimum atomic E-state index is 0. The van der Waals surface area contributed by atoms with Crippen LogP contribution >= 0.6 is 34.1 Å². The summed E-state index contributed by atoms with van der Waals surface area (Å²) in [6.07, 6.45) is 17.3.